The predicted octanol–water partition coefficient (Wildman–Crippen LogP) is 2.24. The average molecular weight is 370 g/mol. The SMILES string of the molecule is N#Cc1ccc(N2CCCC(Nc3nn4c(=O)ccnc4s3)C2)c(F)c1. The number of halogens is 1. The molecule has 3 heterocycles. The number of anilines is 2. The first kappa shape index (κ1) is 16.5. The van der Waals surface area contributed by atoms with Gasteiger partial charge in [0.05, 0.1) is 17.3 Å². The Morgan fingerprint density at radius 3 is 3.04 bits per heavy atom. The Morgan fingerprint density at radius 2 is 2.27 bits per heavy atom. The van der Waals surface area contributed by atoms with E-state index in [-0.39, 0.29) is 17.4 Å². The first-order chi connectivity index (χ1) is 12.6. The number of piperidine rings is 1. The van der Waals surface area contributed by atoms with Gasteiger partial charge in [0.1, 0.15) is 5.82 Å². The van der Waals surface area contributed by atoms with Gasteiger partial charge < -0.3 is 10.2 Å². The molecule has 0 radical (unpaired) electrons. The molecule has 1 aliphatic heterocycles. The van der Waals surface area contributed by atoms with Gasteiger partial charge in [0.15, 0.2) is 0 Å². The molecule has 1 atom stereocenters. The summed E-state index contributed by atoms with van der Waals surface area (Å²) < 4.78 is 15.6. The lowest BCUT2D eigenvalue weighted by Gasteiger charge is -2.34. The number of benzene rings is 1. The van der Waals surface area contributed by atoms with Crippen LogP contribution in [0.25, 0.3) is 4.96 Å². The number of hydrogen-bond donors (Lipinski definition) is 1. The minimum Gasteiger partial charge on any atom is -0.367 e. The zero-order valence-electron chi connectivity index (χ0n) is 13.7. The van der Waals surface area contributed by atoms with E-state index >= 15 is 0 Å². The predicted molar refractivity (Wildman–Crippen MR) is 97.1 cm³/mol. The van der Waals surface area contributed by atoms with Gasteiger partial charge in [-0.25, -0.2) is 9.37 Å². The van der Waals surface area contributed by atoms with Crippen molar-refractivity contribution in [3.05, 3.63) is 52.2 Å². The summed E-state index contributed by atoms with van der Waals surface area (Å²) in [5.41, 5.74) is 0.590. The fraction of sp³-hybridized carbons (Fsp3) is 0.294. The topological polar surface area (TPSA) is 86.3 Å². The first-order valence-corrected chi connectivity index (χ1v) is 9.02. The molecule has 26 heavy (non-hydrogen) atoms. The van der Waals surface area contributed by atoms with E-state index in [1.54, 1.807) is 12.1 Å². The highest BCUT2D eigenvalue weighted by Crippen LogP contribution is 2.26. The summed E-state index contributed by atoms with van der Waals surface area (Å²) in [4.78, 5) is 18.4. The average Bonchev–Trinajstić information content (AvgIpc) is 3.05. The van der Waals surface area contributed by atoms with Crippen molar-refractivity contribution in [3.8, 4) is 6.07 Å². The second-order valence-electron chi connectivity index (χ2n) is 6.09. The summed E-state index contributed by atoms with van der Waals surface area (Å²) in [6.45, 7) is 1.36. The maximum Gasteiger partial charge on any atom is 0.275 e. The number of aromatic nitrogens is 3. The molecule has 1 unspecified atom stereocenters. The lowest BCUT2D eigenvalue weighted by molar-refractivity contribution is 0.518. The Balaban J connectivity index is 1.52. The molecule has 9 heteroatoms. The maximum absolute atomic E-state index is 14.3. The van der Waals surface area contributed by atoms with E-state index in [9.17, 15) is 9.18 Å². The van der Waals surface area contributed by atoms with Crippen LogP contribution in [0.4, 0.5) is 15.2 Å². The van der Waals surface area contributed by atoms with Crippen molar-refractivity contribution in [2.24, 2.45) is 0 Å². The molecule has 1 aromatic carbocycles. The Bertz CT molecular complexity index is 1060. The van der Waals surface area contributed by atoms with Crippen LogP contribution in [-0.2, 0) is 0 Å². The van der Waals surface area contributed by atoms with Gasteiger partial charge in [-0.1, -0.05) is 11.3 Å². The third kappa shape index (κ3) is 3.11. The molecule has 4 rings (SSSR count). The van der Waals surface area contributed by atoms with Crippen LogP contribution >= 0.6 is 11.3 Å². The van der Waals surface area contributed by atoms with E-state index in [4.69, 9.17) is 5.26 Å². The van der Waals surface area contributed by atoms with Crippen LogP contribution in [0.1, 0.15) is 18.4 Å². The quantitative estimate of drug-likeness (QED) is 0.761. The van der Waals surface area contributed by atoms with Crippen LogP contribution in [0.15, 0.2) is 35.3 Å². The highest BCUT2D eigenvalue weighted by atomic mass is 32.1. The van der Waals surface area contributed by atoms with Crippen molar-refractivity contribution >= 4 is 27.1 Å². The normalized spacial score (nSPS) is 17.2. The van der Waals surface area contributed by atoms with Crippen molar-refractivity contribution < 1.29 is 4.39 Å². The Kier molecular flexibility index (Phi) is 4.26. The van der Waals surface area contributed by atoms with Crippen molar-refractivity contribution in [1.29, 1.82) is 5.26 Å². The maximum atomic E-state index is 14.3. The molecular formula is C17H15FN6OS. The summed E-state index contributed by atoms with van der Waals surface area (Å²) >= 11 is 1.31. The molecule has 0 spiro atoms. The number of fused-ring (bicyclic) bond motifs is 1. The number of nitrogens with one attached hydrogen (secondary N) is 1. The van der Waals surface area contributed by atoms with Crippen LogP contribution in [0, 0.1) is 17.1 Å². The van der Waals surface area contributed by atoms with E-state index in [0.29, 0.717) is 27.9 Å². The minimum atomic E-state index is -0.388. The van der Waals surface area contributed by atoms with Crippen molar-refractivity contribution in [2.75, 3.05) is 23.3 Å². The van der Waals surface area contributed by atoms with E-state index in [2.05, 4.69) is 15.4 Å². The van der Waals surface area contributed by atoms with Gasteiger partial charge >= 0.3 is 0 Å². The summed E-state index contributed by atoms with van der Waals surface area (Å²) in [5, 5.41) is 17.1. The van der Waals surface area contributed by atoms with E-state index in [1.165, 1.54) is 34.2 Å². The van der Waals surface area contributed by atoms with Crippen molar-refractivity contribution in [2.45, 2.75) is 18.9 Å². The third-order valence-corrected chi connectivity index (χ3v) is 5.19. The molecule has 7 nitrogen and oxygen atoms in total. The summed E-state index contributed by atoms with van der Waals surface area (Å²) in [7, 11) is 0. The number of nitrogens with zero attached hydrogens (tertiary/aromatic N) is 5. The second kappa shape index (κ2) is 6.72. The van der Waals surface area contributed by atoms with Gasteiger partial charge in [-0.15, -0.1) is 5.10 Å². The zero-order valence-corrected chi connectivity index (χ0v) is 14.5. The van der Waals surface area contributed by atoms with Gasteiger partial charge in [-0.05, 0) is 31.0 Å². The first-order valence-electron chi connectivity index (χ1n) is 8.20. The molecule has 0 saturated carbocycles. The van der Waals surface area contributed by atoms with E-state index in [1.807, 2.05) is 11.0 Å². The van der Waals surface area contributed by atoms with Gasteiger partial charge in [-0.2, -0.15) is 9.78 Å². The van der Waals surface area contributed by atoms with Crippen LogP contribution in [-0.4, -0.2) is 33.7 Å². The summed E-state index contributed by atoms with van der Waals surface area (Å²) in [5.74, 6) is -0.388. The Hall–Kier alpha value is -2.99. The standard InChI is InChI=1S/C17H15FN6OS/c18-13-8-11(9-19)3-4-14(13)23-7-1-2-12(10-23)21-16-22-24-15(25)5-6-20-17(24)26-16/h3-6,8,12H,1-2,7,10H2,(H,21,22). The molecule has 2 aromatic heterocycles. The highest BCUT2D eigenvalue weighted by molar-refractivity contribution is 7.20. The third-order valence-electron chi connectivity index (χ3n) is 4.34. The molecule has 1 N–H and O–H groups in total. The van der Waals surface area contributed by atoms with Crippen molar-refractivity contribution in [3.63, 3.8) is 0 Å². The van der Waals surface area contributed by atoms with Crippen LogP contribution in [0.5, 0.6) is 0 Å². The van der Waals surface area contributed by atoms with Gasteiger partial charge in [0, 0.05) is 31.4 Å². The fourth-order valence-electron chi connectivity index (χ4n) is 3.12. The van der Waals surface area contributed by atoms with Crippen LogP contribution < -0.4 is 15.8 Å². The van der Waals surface area contributed by atoms with E-state index < -0.39 is 0 Å². The fourth-order valence-corrected chi connectivity index (χ4v) is 3.98. The molecule has 1 fully saturated rings. The summed E-state index contributed by atoms with van der Waals surface area (Å²) in [6.07, 6.45) is 3.29. The molecule has 1 saturated heterocycles. The smallest absolute Gasteiger partial charge is 0.275 e. The summed E-state index contributed by atoms with van der Waals surface area (Å²) in [6, 6.07) is 7.93. The van der Waals surface area contributed by atoms with Crippen LogP contribution in [0.3, 0.4) is 0 Å². The Morgan fingerprint density at radius 1 is 1.38 bits per heavy atom. The van der Waals surface area contributed by atoms with Crippen LogP contribution in [0.2, 0.25) is 0 Å². The largest absolute Gasteiger partial charge is 0.367 e. The lowest BCUT2D eigenvalue weighted by Crippen LogP contribution is -2.42. The van der Waals surface area contributed by atoms with Gasteiger partial charge in [-0.3, -0.25) is 4.79 Å². The Labute approximate surface area is 152 Å². The molecule has 1 aliphatic rings. The monoisotopic (exact) mass is 370 g/mol. The number of rotatable bonds is 3. The highest BCUT2D eigenvalue weighted by Gasteiger charge is 2.23. The minimum absolute atomic E-state index is 0.0788. The van der Waals surface area contributed by atoms with Crippen molar-refractivity contribution in [1.82, 2.24) is 14.6 Å². The molecular weight excluding hydrogens is 355 g/mol. The second-order valence-corrected chi connectivity index (χ2v) is 7.05. The van der Waals surface area contributed by atoms with Gasteiger partial charge in [0.2, 0.25) is 10.1 Å². The zero-order chi connectivity index (χ0) is 18.1. The molecule has 3 aromatic rings. The lowest BCUT2D eigenvalue weighted by atomic mass is 10.0. The molecule has 0 aliphatic carbocycles. The van der Waals surface area contributed by atoms with E-state index in [0.717, 1.165) is 19.4 Å². The molecule has 0 bridgehead atoms. The number of nitriles is 1. The van der Waals surface area contributed by atoms with Gasteiger partial charge in [0.25, 0.3) is 5.56 Å². The number of hydrogen-bond acceptors (Lipinski definition) is 7. The molecule has 0 amide bonds. The molecule has 132 valence electrons.